The van der Waals surface area contributed by atoms with Crippen LogP contribution in [0.25, 0.3) is 0 Å². The van der Waals surface area contributed by atoms with E-state index in [1.807, 2.05) is 0 Å². The average molecular weight is 186 g/mol. The number of hydrogen-bond acceptors (Lipinski definition) is 3. The van der Waals surface area contributed by atoms with Crippen LogP contribution in [0.4, 0.5) is 0 Å². The zero-order chi connectivity index (χ0) is 3.58. The molecular weight excluding hydrogens is 186 g/mol. The van der Waals surface area contributed by atoms with Crippen molar-refractivity contribution in [2.45, 2.75) is 0 Å². The van der Waals surface area contributed by atoms with Gasteiger partial charge in [0.15, 0.2) is 0 Å². The van der Waals surface area contributed by atoms with Gasteiger partial charge in [-0.2, -0.15) is 0 Å². The minimum absolute atomic E-state index is 0. The van der Waals surface area contributed by atoms with Crippen LogP contribution in [0.1, 0.15) is 0 Å². The Morgan fingerprint density at radius 2 is 1.00 bits per heavy atom. The summed E-state index contributed by atoms with van der Waals surface area (Å²) in [6.45, 7) is 0. The van der Waals surface area contributed by atoms with E-state index in [0.717, 1.165) is 0 Å². The van der Waals surface area contributed by atoms with E-state index in [0.29, 0.717) is 0 Å². The summed E-state index contributed by atoms with van der Waals surface area (Å²) >= 11 is 0. The fourth-order valence-corrected chi connectivity index (χ4v) is 0. The summed E-state index contributed by atoms with van der Waals surface area (Å²) in [6.07, 6.45) is 0. The first-order valence-corrected chi connectivity index (χ1v) is 4.79. The molecule has 3 radical (unpaired) electrons. The normalized spacial score (nSPS) is 8.40. The topological polar surface area (TPSA) is 0 Å². The Hall–Kier alpha value is 1.58. The van der Waals surface area contributed by atoms with Crippen molar-refractivity contribution in [3.63, 3.8) is 0 Å². The van der Waals surface area contributed by atoms with Gasteiger partial charge >= 0.3 is 40.6 Å². The predicted molar refractivity (Wildman–Crippen MR) is 29.7 cm³/mol. The van der Waals surface area contributed by atoms with Crippen molar-refractivity contribution in [3.05, 3.63) is 0 Å². The molecule has 0 heterocycles. The Labute approximate surface area is 50.3 Å². The van der Waals surface area contributed by atoms with E-state index in [9.17, 15) is 0 Å². The summed E-state index contributed by atoms with van der Waals surface area (Å²) < 4.78 is 0. The molecule has 0 atom stereocenters. The molecule has 0 amide bonds. The van der Waals surface area contributed by atoms with Crippen LogP contribution in [0.15, 0.2) is 0 Å². The van der Waals surface area contributed by atoms with Gasteiger partial charge < -0.3 is 0 Å². The van der Waals surface area contributed by atoms with E-state index >= 15 is 0 Å². The van der Waals surface area contributed by atoms with Gasteiger partial charge in [0, 0.05) is 9.90 Å². The SMILES string of the molecule is [P].[S]=[Ni](=[S])=[S]. The summed E-state index contributed by atoms with van der Waals surface area (Å²) in [5.74, 6) is 0. The Bertz CT molecular complexity index is 76.3. The first kappa shape index (κ1) is 9.77. The fraction of sp³-hybridized carbons (Fsp3) is 0. The van der Waals surface area contributed by atoms with Gasteiger partial charge in [-0.15, -0.1) is 0 Å². The molecule has 0 saturated carbocycles. The summed E-state index contributed by atoms with van der Waals surface area (Å²) in [6, 6.07) is 0. The van der Waals surface area contributed by atoms with Gasteiger partial charge in [0.05, 0.1) is 0 Å². The first-order valence-electron chi connectivity index (χ1n) is 0.387. The van der Waals surface area contributed by atoms with E-state index < -0.39 is 8.61 Å². The number of rotatable bonds is 0. The second-order valence-corrected chi connectivity index (χ2v) is 5.87. The van der Waals surface area contributed by atoms with Crippen LogP contribution in [-0.4, -0.2) is 0 Å². The van der Waals surface area contributed by atoms with Crippen LogP contribution >= 0.6 is 41.9 Å². The second-order valence-electron chi connectivity index (χ2n) is 0.158. The molecule has 0 saturated heterocycles. The Morgan fingerprint density at radius 1 is 1.00 bits per heavy atom. The Balaban J connectivity index is 0. The number of hydrogen-bond donors (Lipinski definition) is 0. The van der Waals surface area contributed by atoms with Crippen molar-refractivity contribution >= 4 is 41.9 Å². The van der Waals surface area contributed by atoms with Gasteiger partial charge in [-0.05, 0) is 0 Å². The third-order valence-corrected chi connectivity index (χ3v) is 0. The predicted octanol–water partition coefficient (Wildman–Crippen LogP) is 2.80. The Morgan fingerprint density at radius 3 is 1.00 bits per heavy atom. The second kappa shape index (κ2) is 5.58. The van der Waals surface area contributed by atoms with E-state index in [1.165, 1.54) is 0 Å². The fourth-order valence-electron chi connectivity index (χ4n) is 0. The molecule has 5 heavy (non-hydrogen) atoms. The van der Waals surface area contributed by atoms with Crippen molar-refractivity contribution in [1.29, 1.82) is 0 Å². The average Bonchev–Trinajstić information content (AvgIpc) is 0.811. The van der Waals surface area contributed by atoms with Crippen LogP contribution < -0.4 is 0 Å². The zero-order valence-corrected chi connectivity index (χ0v) is 6.32. The summed E-state index contributed by atoms with van der Waals surface area (Å²) in [4.78, 5) is 0. The summed E-state index contributed by atoms with van der Waals surface area (Å²) in [5.41, 5.74) is 0. The third-order valence-electron chi connectivity index (χ3n) is 0. The summed E-state index contributed by atoms with van der Waals surface area (Å²) in [5, 5.41) is 0. The molecule has 0 bridgehead atoms. The standard InChI is InChI=1S/Ni.P.3S. The van der Waals surface area contributed by atoms with Crippen molar-refractivity contribution < 1.29 is 8.61 Å². The van der Waals surface area contributed by atoms with E-state index in [-0.39, 0.29) is 9.90 Å². The van der Waals surface area contributed by atoms with Gasteiger partial charge in [0.25, 0.3) is 0 Å². The molecule has 0 rings (SSSR count). The van der Waals surface area contributed by atoms with Crippen molar-refractivity contribution in [1.82, 2.24) is 0 Å². The molecule has 0 aliphatic rings. The van der Waals surface area contributed by atoms with E-state index in [4.69, 9.17) is 0 Å². The van der Waals surface area contributed by atoms with Crippen LogP contribution in [0.3, 0.4) is 0 Å². The molecule has 0 aromatic carbocycles. The molecule has 0 aromatic heterocycles. The molecule has 0 N–H and O–H groups in total. The molecule has 0 unspecified atom stereocenters. The quantitative estimate of drug-likeness (QED) is 0.421. The van der Waals surface area contributed by atoms with Crippen LogP contribution in [-0.2, 0) is 8.61 Å². The van der Waals surface area contributed by atoms with Crippen LogP contribution in [0, 0.1) is 0 Å². The van der Waals surface area contributed by atoms with Gasteiger partial charge in [-0.25, -0.2) is 0 Å². The first-order chi connectivity index (χ1) is 1.73. The molecule has 0 nitrogen and oxygen atoms in total. The van der Waals surface area contributed by atoms with Crippen molar-refractivity contribution in [2.75, 3.05) is 0 Å². The van der Waals surface area contributed by atoms with Crippen molar-refractivity contribution in [3.8, 4) is 0 Å². The maximum atomic E-state index is 4.29. The molecule has 5 heteroatoms. The molecule has 0 spiro atoms. The maximum absolute atomic E-state index is 4.29. The van der Waals surface area contributed by atoms with Crippen LogP contribution in [0.5, 0.6) is 0 Å². The minimum atomic E-state index is -0.708. The third kappa shape index (κ3) is 28.6. The molecule has 0 aliphatic carbocycles. The molecule has 0 aliphatic heterocycles. The monoisotopic (exact) mass is 185 g/mol. The van der Waals surface area contributed by atoms with Crippen LogP contribution in [0.2, 0.25) is 0 Å². The Kier molecular flexibility index (Phi) is 10.9. The molecule has 0 aromatic rings. The molecular formula is NiPS3. The van der Waals surface area contributed by atoms with Gasteiger partial charge in [0.2, 0.25) is 0 Å². The summed E-state index contributed by atoms with van der Waals surface area (Å²) in [7, 11) is 12.2. The van der Waals surface area contributed by atoms with Gasteiger partial charge in [-0.1, -0.05) is 0 Å². The zero-order valence-electron chi connectivity index (χ0n) is 1.99. The van der Waals surface area contributed by atoms with Crippen molar-refractivity contribution in [2.24, 2.45) is 0 Å². The van der Waals surface area contributed by atoms with Gasteiger partial charge in [0.1, 0.15) is 0 Å². The van der Waals surface area contributed by atoms with E-state index in [2.05, 4.69) is 32.0 Å². The molecule has 0 fully saturated rings. The van der Waals surface area contributed by atoms with E-state index in [1.54, 1.807) is 0 Å². The van der Waals surface area contributed by atoms with Gasteiger partial charge in [-0.3, -0.25) is 0 Å². The molecule has 33 valence electrons.